The van der Waals surface area contributed by atoms with Gasteiger partial charge in [0, 0.05) is 23.7 Å². The van der Waals surface area contributed by atoms with Crippen LogP contribution in [0.1, 0.15) is 66.2 Å². The fourth-order valence-corrected chi connectivity index (χ4v) is 3.97. The lowest BCUT2D eigenvalue weighted by atomic mass is 9.72. The molecular formula is C18H31N. The summed E-state index contributed by atoms with van der Waals surface area (Å²) in [5.41, 5.74) is 1.95. The van der Waals surface area contributed by atoms with Crippen molar-refractivity contribution in [2.45, 2.75) is 71.8 Å². The zero-order chi connectivity index (χ0) is 13.9. The SMILES string of the molecule is CCCCCCN1C2=CC=CCC2C(C)CC1(C)C. The van der Waals surface area contributed by atoms with E-state index in [0.29, 0.717) is 5.54 Å². The molecule has 0 radical (unpaired) electrons. The van der Waals surface area contributed by atoms with Crippen molar-refractivity contribution in [3.63, 3.8) is 0 Å². The van der Waals surface area contributed by atoms with E-state index in [0.717, 1.165) is 11.8 Å². The van der Waals surface area contributed by atoms with Gasteiger partial charge in [-0.1, -0.05) is 45.3 Å². The number of hydrogen-bond acceptors (Lipinski definition) is 1. The van der Waals surface area contributed by atoms with Crippen molar-refractivity contribution in [1.29, 1.82) is 0 Å². The fourth-order valence-electron chi connectivity index (χ4n) is 3.97. The fraction of sp³-hybridized carbons (Fsp3) is 0.778. The lowest BCUT2D eigenvalue weighted by Gasteiger charge is -2.52. The minimum absolute atomic E-state index is 0.332. The van der Waals surface area contributed by atoms with Crippen molar-refractivity contribution in [3.05, 3.63) is 23.9 Å². The van der Waals surface area contributed by atoms with Crippen molar-refractivity contribution in [3.8, 4) is 0 Å². The molecule has 1 saturated heterocycles. The third kappa shape index (κ3) is 3.24. The molecule has 0 saturated carbocycles. The van der Waals surface area contributed by atoms with Crippen LogP contribution in [-0.2, 0) is 0 Å². The molecule has 1 heterocycles. The Bertz CT molecular complexity index is 351. The highest BCUT2D eigenvalue weighted by molar-refractivity contribution is 5.25. The topological polar surface area (TPSA) is 3.24 Å². The Morgan fingerprint density at radius 1 is 1.26 bits per heavy atom. The number of hydrogen-bond donors (Lipinski definition) is 0. The lowest BCUT2D eigenvalue weighted by molar-refractivity contribution is 0.0578. The van der Waals surface area contributed by atoms with Gasteiger partial charge in [0.05, 0.1) is 0 Å². The summed E-state index contributed by atoms with van der Waals surface area (Å²) in [4.78, 5) is 2.72. The van der Waals surface area contributed by atoms with Gasteiger partial charge in [-0.05, 0) is 45.1 Å². The normalized spacial score (nSPS) is 29.1. The van der Waals surface area contributed by atoms with Crippen LogP contribution in [0.4, 0.5) is 0 Å². The molecule has 0 aromatic heterocycles. The predicted octanol–water partition coefficient (Wildman–Crippen LogP) is 5.15. The minimum Gasteiger partial charge on any atom is -0.369 e. The summed E-state index contributed by atoms with van der Waals surface area (Å²) in [6.07, 6.45) is 15.0. The summed E-state index contributed by atoms with van der Waals surface area (Å²) < 4.78 is 0. The quantitative estimate of drug-likeness (QED) is 0.619. The van der Waals surface area contributed by atoms with Crippen LogP contribution in [0.15, 0.2) is 23.9 Å². The molecule has 108 valence electrons. The number of rotatable bonds is 5. The molecule has 0 N–H and O–H groups in total. The number of nitrogens with zero attached hydrogens (tertiary/aromatic N) is 1. The van der Waals surface area contributed by atoms with Crippen LogP contribution < -0.4 is 0 Å². The smallest absolute Gasteiger partial charge is 0.0346 e. The van der Waals surface area contributed by atoms with Crippen LogP contribution in [0.5, 0.6) is 0 Å². The van der Waals surface area contributed by atoms with Crippen LogP contribution in [0.2, 0.25) is 0 Å². The van der Waals surface area contributed by atoms with Crippen molar-refractivity contribution < 1.29 is 0 Å². The van der Waals surface area contributed by atoms with E-state index >= 15 is 0 Å². The molecule has 0 aromatic carbocycles. The zero-order valence-electron chi connectivity index (χ0n) is 13.3. The summed E-state index contributed by atoms with van der Waals surface area (Å²) in [6.45, 7) is 10.8. The Morgan fingerprint density at radius 2 is 2.05 bits per heavy atom. The van der Waals surface area contributed by atoms with E-state index in [2.05, 4.69) is 50.8 Å². The summed E-state index contributed by atoms with van der Waals surface area (Å²) in [6, 6.07) is 0. The molecule has 1 nitrogen and oxygen atoms in total. The highest BCUT2D eigenvalue weighted by Gasteiger charge is 2.40. The second kappa shape index (κ2) is 6.15. The van der Waals surface area contributed by atoms with E-state index < -0.39 is 0 Å². The third-order valence-corrected chi connectivity index (χ3v) is 4.96. The van der Waals surface area contributed by atoms with E-state index in [1.165, 1.54) is 45.1 Å². The van der Waals surface area contributed by atoms with E-state index in [-0.39, 0.29) is 0 Å². The number of piperidine rings is 1. The third-order valence-electron chi connectivity index (χ3n) is 4.96. The summed E-state index contributed by atoms with van der Waals surface area (Å²) in [5, 5.41) is 0. The summed E-state index contributed by atoms with van der Waals surface area (Å²) in [5.74, 6) is 1.59. The molecule has 0 aromatic rings. The van der Waals surface area contributed by atoms with Gasteiger partial charge in [-0.3, -0.25) is 0 Å². The molecule has 0 amide bonds. The number of allylic oxidation sites excluding steroid dienone is 4. The van der Waals surface area contributed by atoms with Gasteiger partial charge in [0.1, 0.15) is 0 Å². The van der Waals surface area contributed by atoms with Crippen molar-refractivity contribution in [2.24, 2.45) is 11.8 Å². The molecule has 2 atom stereocenters. The van der Waals surface area contributed by atoms with Gasteiger partial charge in [-0.15, -0.1) is 0 Å². The van der Waals surface area contributed by atoms with Crippen molar-refractivity contribution in [1.82, 2.24) is 4.90 Å². The maximum Gasteiger partial charge on any atom is 0.0346 e. The first kappa shape index (κ1) is 14.7. The molecule has 19 heavy (non-hydrogen) atoms. The van der Waals surface area contributed by atoms with E-state index in [1.54, 1.807) is 5.70 Å². The Hall–Kier alpha value is -0.720. The highest BCUT2D eigenvalue weighted by Crippen LogP contribution is 2.44. The standard InChI is InChI=1S/C18H31N/c1-5-6-7-10-13-19-17-12-9-8-11-16(17)15(2)14-18(19,3)4/h8-9,12,15-16H,5-7,10-11,13-14H2,1-4H3. The van der Waals surface area contributed by atoms with Crippen molar-refractivity contribution in [2.75, 3.05) is 6.54 Å². The average Bonchev–Trinajstić information content (AvgIpc) is 2.37. The van der Waals surface area contributed by atoms with Gasteiger partial charge in [0.2, 0.25) is 0 Å². The van der Waals surface area contributed by atoms with E-state index in [1.807, 2.05) is 0 Å². The Kier molecular flexibility index (Phi) is 4.76. The molecule has 1 aliphatic carbocycles. The predicted molar refractivity (Wildman–Crippen MR) is 84.0 cm³/mol. The molecular weight excluding hydrogens is 230 g/mol. The van der Waals surface area contributed by atoms with Gasteiger partial charge < -0.3 is 4.90 Å². The van der Waals surface area contributed by atoms with E-state index in [4.69, 9.17) is 0 Å². The number of likely N-dealkylation sites (tertiary alicyclic amines) is 1. The molecule has 1 fully saturated rings. The van der Waals surface area contributed by atoms with Gasteiger partial charge >= 0.3 is 0 Å². The molecule has 1 aliphatic heterocycles. The molecule has 0 bridgehead atoms. The van der Waals surface area contributed by atoms with Crippen LogP contribution in [0.25, 0.3) is 0 Å². The molecule has 2 aliphatic rings. The maximum atomic E-state index is 2.72. The Balaban J connectivity index is 2.08. The van der Waals surface area contributed by atoms with Gasteiger partial charge in [0.15, 0.2) is 0 Å². The van der Waals surface area contributed by atoms with Crippen LogP contribution >= 0.6 is 0 Å². The first-order chi connectivity index (χ1) is 9.06. The van der Waals surface area contributed by atoms with Crippen LogP contribution in [0.3, 0.4) is 0 Å². The van der Waals surface area contributed by atoms with Gasteiger partial charge in [0.25, 0.3) is 0 Å². The molecule has 0 spiro atoms. The van der Waals surface area contributed by atoms with Gasteiger partial charge in [-0.2, -0.15) is 0 Å². The monoisotopic (exact) mass is 261 g/mol. The second-order valence-corrected chi connectivity index (χ2v) is 7.07. The lowest BCUT2D eigenvalue weighted by Crippen LogP contribution is -2.52. The molecule has 2 unspecified atom stereocenters. The average molecular weight is 261 g/mol. The van der Waals surface area contributed by atoms with E-state index in [9.17, 15) is 0 Å². The minimum atomic E-state index is 0.332. The maximum absolute atomic E-state index is 2.72. The largest absolute Gasteiger partial charge is 0.369 e. The Morgan fingerprint density at radius 3 is 2.79 bits per heavy atom. The molecule has 2 rings (SSSR count). The Labute approximate surface area is 119 Å². The highest BCUT2D eigenvalue weighted by atomic mass is 15.2. The van der Waals surface area contributed by atoms with Crippen LogP contribution in [0, 0.1) is 11.8 Å². The number of fused-ring (bicyclic) bond motifs is 1. The summed E-state index contributed by atoms with van der Waals surface area (Å²) in [7, 11) is 0. The first-order valence-corrected chi connectivity index (χ1v) is 8.20. The van der Waals surface area contributed by atoms with Crippen LogP contribution in [-0.4, -0.2) is 17.0 Å². The zero-order valence-corrected chi connectivity index (χ0v) is 13.3. The number of unbranched alkanes of at least 4 members (excludes halogenated alkanes) is 3. The first-order valence-electron chi connectivity index (χ1n) is 8.20. The summed E-state index contributed by atoms with van der Waals surface area (Å²) >= 11 is 0. The molecule has 1 heteroatoms. The van der Waals surface area contributed by atoms with Crippen molar-refractivity contribution >= 4 is 0 Å². The second-order valence-electron chi connectivity index (χ2n) is 7.07. The van der Waals surface area contributed by atoms with Gasteiger partial charge in [-0.25, -0.2) is 0 Å².